The molecule has 1 saturated heterocycles. The van der Waals surface area contributed by atoms with Crippen molar-refractivity contribution in [3.05, 3.63) is 36.5 Å². The van der Waals surface area contributed by atoms with Crippen LogP contribution in [-0.2, 0) is 14.3 Å². The second kappa shape index (κ2) is 63.4. The summed E-state index contributed by atoms with van der Waals surface area (Å²) in [6, 6.07) is -0.718. The lowest BCUT2D eigenvalue weighted by Crippen LogP contribution is -2.60. The highest BCUT2D eigenvalue weighted by Gasteiger charge is 2.44. The highest BCUT2D eigenvalue weighted by Crippen LogP contribution is 2.24. The van der Waals surface area contributed by atoms with E-state index in [2.05, 4.69) is 55.6 Å². The van der Waals surface area contributed by atoms with Gasteiger partial charge in [-0.25, -0.2) is 0 Å². The molecule has 7 atom stereocenters. The second-order valence-electron chi connectivity index (χ2n) is 25.7. The predicted molar refractivity (Wildman–Crippen MR) is 355 cm³/mol. The lowest BCUT2D eigenvalue weighted by atomic mass is 9.99. The number of carbonyl (C=O) groups excluding carboxylic acids is 1. The number of nitrogens with one attached hydrogen (secondary N) is 1. The molecule has 9 heteroatoms. The number of aliphatic hydroxyl groups excluding tert-OH is 5. The highest BCUT2D eigenvalue weighted by atomic mass is 16.7. The van der Waals surface area contributed by atoms with Gasteiger partial charge in [-0.1, -0.05) is 352 Å². The maximum Gasteiger partial charge on any atom is 0.220 e. The fourth-order valence-electron chi connectivity index (χ4n) is 12.0. The first-order valence-corrected chi connectivity index (χ1v) is 36.7. The molecule has 0 bridgehead atoms. The van der Waals surface area contributed by atoms with Crippen molar-refractivity contribution in [2.45, 2.75) is 416 Å². The Hall–Kier alpha value is -1.59. The topological polar surface area (TPSA) is 149 Å². The van der Waals surface area contributed by atoms with E-state index in [1.54, 1.807) is 0 Å². The third-order valence-electron chi connectivity index (χ3n) is 17.7. The van der Waals surface area contributed by atoms with Crippen LogP contribution in [0.15, 0.2) is 36.5 Å². The molecule has 0 spiro atoms. The van der Waals surface area contributed by atoms with Gasteiger partial charge >= 0.3 is 0 Å². The fraction of sp³-hybridized carbons (Fsp3) is 0.905. The van der Waals surface area contributed by atoms with Crippen molar-refractivity contribution in [3.63, 3.8) is 0 Å². The molecule has 0 aromatic rings. The Morgan fingerprint density at radius 1 is 0.410 bits per heavy atom. The van der Waals surface area contributed by atoms with Crippen molar-refractivity contribution in [1.82, 2.24) is 5.32 Å². The summed E-state index contributed by atoms with van der Waals surface area (Å²) in [5.74, 6) is -0.136. The van der Waals surface area contributed by atoms with Gasteiger partial charge in [0, 0.05) is 6.42 Å². The van der Waals surface area contributed by atoms with Crippen LogP contribution in [0.3, 0.4) is 0 Å². The van der Waals surface area contributed by atoms with Gasteiger partial charge in [0.15, 0.2) is 6.29 Å². The molecule has 83 heavy (non-hydrogen) atoms. The number of unbranched alkanes of at least 4 members (excludes halogenated alkanes) is 49. The first-order chi connectivity index (χ1) is 40.8. The number of carbonyl (C=O) groups is 1. The number of amides is 1. The fourth-order valence-corrected chi connectivity index (χ4v) is 12.0. The monoisotopic (exact) mass is 1170 g/mol. The van der Waals surface area contributed by atoms with Crippen LogP contribution in [-0.4, -0.2) is 87.5 Å². The summed E-state index contributed by atoms with van der Waals surface area (Å²) in [7, 11) is 0. The Bertz CT molecular complexity index is 1410. The zero-order chi connectivity index (χ0) is 60.0. The largest absolute Gasteiger partial charge is 0.394 e. The first-order valence-electron chi connectivity index (χ1n) is 36.7. The molecule has 1 heterocycles. The quantitative estimate of drug-likeness (QED) is 0.0261. The number of hydrogen-bond donors (Lipinski definition) is 6. The van der Waals surface area contributed by atoms with Gasteiger partial charge in [-0.05, 0) is 51.4 Å². The third-order valence-corrected chi connectivity index (χ3v) is 17.7. The van der Waals surface area contributed by atoms with Crippen LogP contribution in [0.4, 0.5) is 0 Å². The van der Waals surface area contributed by atoms with Crippen LogP contribution in [0.1, 0.15) is 373 Å². The van der Waals surface area contributed by atoms with Crippen molar-refractivity contribution in [3.8, 4) is 0 Å². The van der Waals surface area contributed by atoms with E-state index in [9.17, 15) is 30.3 Å². The van der Waals surface area contributed by atoms with E-state index in [4.69, 9.17) is 9.47 Å². The van der Waals surface area contributed by atoms with E-state index >= 15 is 0 Å². The van der Waals surface area contributed by atoms with Crippen LogP contribution >= 0.6 is 0 Å². The van der Waals surface area contributed by atoms with E-state index in [0.29, 0.717) is 12.8 Å². The van der Waals surface area contributed by atoms with Gasteiger partial charge in [-0.2, -0.15) is 0 Å². The van der Waals surface area contributed by atoms with Crippen molar-refractivity contribution in [2.24, 2.45) is 0 Å². The Kier molecular flexibility index (Phi) is 60.7. The highest BCUT2D eigenvalue weighted by molar-refractivity contribution is 5.76. The van der Waals surface area contributed by atoms with E-state index in [1.165, 1.54) is 295 Å². The molecule has 9 nitrogen and oxygen atoms in total. The van der Waals surface area contributed by atoms with Gasteiger partial charge in [0.05, 0.1) is 25.4 Å². The Labute approximate surface area is 514 Å². The van der Waals surface area contributed by atoms with E-state index in [-0.39, 0.29) is 12.5 Å². The van der Waals surface area contributed by atoms with Crippen LogP contribution in [0, 0.1) is 0 Å². The molecule has 7 unspecified atom stereocenters. The molecule has 490 valence electrons. The molecule has 0 aromatic carbocycles. The van der Waals surface area contributed by atoms with Crippen molar-refractivity contribution >= 4 is 5.91 Å². The van der Waals surface area contributed by atoms with Crippen LogP contribution in [0.2, 0.25) is 0 Å². The summed E-state index contributed by atoms with van der Waals surface area (Å²) in [6.45, 7) is 3.88. The maximum atomic E-state index is 13.2. The average Bonchev–Trinajstić information content (AvgIpc) is 3.60. The minimum absolute atomic E-state index is 0.133. The molecule has 1 rings (SSSR count). The molecular formula is C74H141NO8. The number of rotatable bonds is 65. The van der Waals surface area contributed by atoms with Crippen LogP contribution in [0.25, 0.3) is 0 Å². The van der Waals surface area contributed by atoms with Crippen molar-refractivity contribution in [1.29, 1.82) is 0 Å². The number of allylic oxidation sites excluding steroid dienone is 6. The number of ether oxygens (including phenoxy) is 2. The van der Waals surface area contributed by atoms with Crippen LogP contribution < -0.4 is 5.32 Å². The number of aliphatic hydroxyl groups is 5. The minimum Gasteiger partial charge on any atom is -0.394 e. The Morgan fingerprint density at radius 2 is 0.711 bits per heavy atom. The normalized spacial score (nSPS) is 18.4. The van der Waals surface area contributed by atoms with Gasteiger partial charge < -0.3 is 40.3 Å². The smallest absolute Gasteiger partial charge is 0.220 e. The minimum atomic E-state index is -1.55. The van der Waals surface area contributed by atoms with Gasteiger partial charge in [-0.15, -0.1) is 0 Å². The standard InChI is InChI=1S/C74H141NO8/c1-3-5-7-9-11-13-15-17-19-21-23-25-27-28-29-30-31-32-33-34-35-36-37-38-39-40-42-44-46-48-50-52-54-56-58-60-62-64-70(78)75-67(66-82-74-73(81)72(80)71(79)69(65-76)83-74)68(77)63-61-59-57-55-53-51-49-47-45-43-41-26-24-22-20-18-16-14-12-10-8-6-4-2/h15,17,21,23,27-28,67-69,71-74,76-77,79-81H,3-14,16,18-20,22,24-26,29-66H2,1-2H3,(H,75,78)/b17-15-,23-21-,28-27-. The molecule has 1 fully saturated rings. The molecule has 1 amide bonds. The molecule has 0 aromatic heterocycles. The molecule has 6 N–H and O–H groups in total. The van der Waals surface area contributed by atoms with Gasteiger partial charge in [0.1, 0.15) is 24.4 Å². The molecule has 0 radical (unpaired) electrons. The zero-order valence-electron chi connectivity index (χ0n) is 55.0. The summed E-state index contributed by atoms with van der Waals surface area (Å²) >= 11 is 0. The molecule has 0 aliphatic carbocycles. The third kappa shape index (κ3) is 52.1. The molecule has 0 saturated carbocycles. The summed E-state index contributed by atoms with van der Waals surface area (Å²) < 4.78 is 11.4. The van der Waals surface area contributed by atoms with Gasteiger partial charge in [-0.3, -0.25) is 4.79 Å². The van der Waals surface area contributed by atoms with Crippen molar-refractivity contribution < 1.29 is 39.8 Å². The summed E-state index contributed by atoms with van der Waals surface area (Å²) in [5.41, 5.74) is 0. The summed E-state index contributed by atoms with van der Waals surface area (Å²) in [4.78, 5) is 13.2. The lowest BCUT2D eigenvalue weighted by Gasteiger charge is -2.40. The van der Waals surface area contributed by atoms with E-state index in [0.717, 1.165) is 51.4 Å². The maximum absolute atomic E-state index is 13.2. The predicted octanol–water partition coefficient (Wildman–Crippen LogP) is 20.2. The van der Waals surface area contributed by atoms with Gasteiger partial charge in [0.2, 0.25) is 5.91 Å². The summed E-state index contributed by atoms with van der Waals surface area (Å²) in [5, 5.41) is 55.0. The zero-order valence-corrected chi connectivity index (χ0v) is 55.0. The number of hydrogen-bond acceptors (Lipinski definition) is 8. The average molecular weight is 1170 g/mol. The SMILES string of the molecule is CCCCCCC/C=C\C/C=C\C/C=C\CCCCCCCCCCCCCCCCCCCCCCCCC(=O)NC(COC1OC(CO)C(O)C(O)C1O)C(O)CCCCCCCCCCCCCCCCCCCCCCCCC. The first kappa shape index (κ1) is 79.4. The Balaban J connectivity index is 2.06. The van der Waals surface area contributed by atoms with Crippen LogP contribution in [0.5, 0.6) is 0 Å². The summed E-state index contributed by atoms with van der Waals surface area (Å²) in [6.07, 6.45) is 78.0. The molecule has 1 aliphatic rings. The molecule has 1 aliphatic heterocycles. The van der Waals surface area contributed by atoms with E-state index < -0.39 is 49.5 Å². The van der Waals surface area contributed by atoms with Gasteiger partial charge in [0.25, 0.3) is 0 Å². The second-order valence-corrected chi connectivity index (χ2v) is 25.7. The van der Waals surface area contributed by atoms with E-state index in [1.807, 2.05) is 0 Å². The Morgan fingerprint density at radius 3 is 1.05 bits per heavy atom. The van der Waals surface area contributed by atoms with Crippen molar-refractivity contribution in [2.75, 3.05) is 13.2 Å². The lowest BCUT2D eigenvalue weighted by molar-refractivity contribution is -0.302. The molecular weight excluding hydrogens is 1030 g/mol.